The first-order valence-electron chi connectivity index (χ1n) is 10.7. The van der Waals surface area contributed by atoms with E-state index < -0.39 is 0 Å². The summed E-state index contributed by atoms with van der Waals surface area (Å²) in [7, 11) is 3.39. The molecule has 1 heterocycles. The number of hydrogen-bond acceptors (Lipinski definition) is 4. The first kappa shape index (κ1) is 22.3. The summed E-state index contributed by atoms with van der Waals surface area (Å²) in [5.74, 6) is -0.318. The molecule has 164 valence electrons. The van der Waals surface area contributed by atoms with Crippen molar-refractivity contribution in [2.75, 3.05) is 44.4 Å². The highest BCUT2D eigenvalue weighted by Gasteiger charge is 2.17. The van der Waals surface area contributed by atoms with E-state index in [-0.39, 0.29) is 24.3 Å². The van der Waals surface area contributed by atoms with Gasteiger partial charge in [-0.3, -0.25) is 14.4 Å². The van der Waals surface area contributed by atoms with Crippen LogP contribution in [0.5, 0.6) is 0 Å². The molecule has 0 spiro atoms. The van der Waals surface area contributed by atoms with E-state index in [9.17, 15) is 14.4 Å². The molecule has 0 atom stereocenters. The molecule has 0 bridgehead atoms. The van der Waals surface area contributed by atoms with Gasteiger partial charge in [-0.1, -0.05) is 25.0 Å². The highest BCUT2D eigenvalue weighted by molar-refractivity contribution is 5.98. The summed E-state index contributed by atoms with van der Waals surface area (Å²) in [6.07, 6.45) is 4.41. The second-order valence-corrected chi connectivity index (χ2v) is 7.97. The molecule has 0 aromatic heterocycles. The maximum Gasteiger partial charge on any atom is 0.253 e. The topological polar surface area (TPSA) is 81.8 Å². The van der Waals surface area contributed by atoms with Gasteiger partial charge in [0, 0.05) is 49.7 Å². The normalized spacial score (nSPS) is 13.8. The van der Waals surface area contributed by atoms with Crippen molar-refractivity contribution in [3.63, 3.8) is 0 Å². The SMILES string of the molecule is CN(C)C(=O)c1cccc(NCC(=O)Nc2cccc(C(=O)N3CCCCCC3)c2)c1. The van der Waals surface area contributed by atoms with Gasteiger partial charge in [0.15, 0.2) is 0 Å². The highest BCUT2D eigenvalue weighted by Crippen LogP contribution is 2.17. The van der Waals surface area contributed by atoms with Gasteiger partial charge in [-0.15, -0.1) is 0 Å². The largest absolute Gasteiger partial charge is 0.376 e. The van der Waals surface area contributed by atoms with E-state index in [2.05, 4.69) is 10.6 Å². The van der Waals surface area contributed by atoms with Gasteiger partial charge in [0.25, 0.3) is 11.8 Å². The lowest BCUT2D eigenvalue weighted by Crippen LogP contribution is -2.31. The standard InChI is InChI=1S/C24H30N4O3/c1-27(2)23(30)18-9-7-11-20(15-18)25-17-22(29)26-21-12-8-10-19(16-21)24(31)28-13-5-3-4-6-14-28/h7-12,15-16,25H,3-6,13-14,17H2,1-2H3,(H,26,29). The zero-order valence-electron chi connectivity index (χ0n) is 18.2. The molecule has 2 N–H and O–H groups in total. The minimum Gasteiger partial charge on any atom is -0.376 e. The maximum absolute atomic E-state index is 12.8. The Morgan fingerprint density at radius 3 is 2.16 bits per heavy atom. The number of benzene rings is 2. The Balaban J connectivity index is 1.57. The van der Waals surface area contributed by atoms with Crippen LogP contribution < -0.4 is 10.6 Å². The number of nitrogens with one attached hydrogen (secondary N) is 2. The second kappa shape index (κ2) is 10.6. The van der Waals surface area contributed by atoms with Crippen LogP contribution in [-0.4, -0.2) is 61.3 Å². The summed E-state index contributed by atoms with van der Waals surface area (Å²) in [5.41, 5.74) is 2.41. The average molecular weight is 423 g/mol. The van der Waals surface area contributed by atoms with Crippen LogP contribution in [0, 0.1) is 0 Å². The highest BCUT2D eigenvalue weighted by atomic mass is 16.2. The number of likely N-dealkylation sites (tertiary alicyclic amines) is 1. The average Bonchev–Trinajstić information content (AvgIpc) is 3.06. The number of nitrogens with zero attached hydrogens (tertiary/aromatic N) is 2. The van der Waals surface area contributed by atoms with Crippen LogP contribution in [0.1, 0.15) is 46.4 Å². The first-order chi connectivity index (χ1) is 14.9. The molecule has 0 saturated carbocycles. The van der Waals surface area contributed by atoms with Crippen molar-refractivity contribution in [1.82, 2.24) is 9.80 Å². The van der Waals surface area contributed by atoms with Crippen LogP contribution in [0.25, 0.3) is 0 Å². The van der Waals surface area contributed by atoms with Gasteiger partial charge in [0.05, 0.1) is 6.54 Å². The Bertz CT molecular complexity index is 934. The predicted molar refractivity (Wildman–Crippen MR) is 122 cm³/mol. The van der Waals surface area contributed by atoms with Gasteiger partial charge >= 0.3 is 0 Å². The van der Waals surface area contributed by atoms with Crippen molar-refractivity contribution in [2.24, 2.45) is 0 Å². The fourth-order valence-corrected chi connectivity index (χ4v) is 3.59. The molecule has 0 radical (unpaired) electrons. The van der Waals surface area contributed by atoms with Crippen molar-refractivity contribution >= 4 is 29.1 Å². The molecule has 3 amide bonds. The van der Waals surface area contributed by atoms with Gasteiger partial charge in [-0.2, -0.15) is 0 Å². The number of carbonyl (C=O) groups is 3. The van der Waals surface area contributed by atoms with E-state index in [1.165, 1.54) is 17.7 Å². The number of anilines is 2. The fraction of sp³-hybridized carbons (Fsp3) is 0.375. The summed E-state index contributed by atoms with van der Waals surface area (Å²) < 4.78 is 0. The summed E-state index contributed by atoms with van der Waals surface area (Å²) in [6.45, 7) is 1.62. The van der Waals surface area contributed by atoms with Gasteiger partial charge in [-0.25, -0.2) is 0 Å². The number of amides is 3. The third kappa shape index (κ3) is 6.31. The fourth-order valence-electron chi connectivity index (χ4n) is 3.59. The number of rotatable bonds is 6. The van der Waals surface area contributed by atoms with Crippen LogP contribution in [-0.2, 0) is 4.79 Å². The molecule has 7 heteroatoms. The molecule has 1 aliphatic rings. The molecular formula is C24H30N4O3. The molecule has 1 saturated heterocycles. The molecule has 3 rings (SSSR count). The van der Waals surface area contributed by atoms with Gasteiger partial charge < -0.3 is 20.4 Å². The van der Waals surface area contributed by atoms with Gasteiger partial charge in [-0.05, 0) is 49.2 Å². The quantitative estimate of drug-likeness (QED) is 0.747. The smallest absolute Gasteiger partial charge is 0.253 e. The van der Waals surface area contributed by atoms with Crippen molar-refractivity contribution in [2.45, 2.75) is 25.7 Å². The zero-order chi connectivity index (χ0) is 22.2. The van der Waals surface area contributed by atoms with Crippen LogP contribution in [0.4, 0.5) is 11.4 Å². The molecule has 1 fully saturated rings. The molecular weight excluding hydrogens is 392 g/mol. The van der Waals surface area contributed by atoms with Crippen molar-refractivity contribution in [1.29, 1.82) is 0 Å². The Morgan fingerprint density at radius 1 is 0.871 bits per heavy atom. The number of hydrogen-bond donors (Lipinski definition) is 2. The molecule has 7 nitrogen and oxygen atoms in total. The minimum atomic E-state index is -0.233. The lowest BCUT2D eigenvalue weighted by atomic mass is 10.1. The third-order valence-electron chi connectivity index (χ3n) is 5.26. The van der Waals surface area contributed by atoms with Crippen LogP contribution in [0.2, 0.25) is 0 Å². The molecule has 31 heavy (non-hydrogen) atoms. The lowest BCUT2D eigenvalue weighted by Gasteiger charge is -2.20. The lowest BCUT2D eigenvalue weighted by molar-refractivity contribution is -0.114. The minimum absolute atomic E-state index is 0.0125. The summed E-state index contributed by atoms with van der Waals surface area (Å²) in [5, 5.41) is 5.87. The number of carbonyl (C=O) groups excluding carboxylic acids is 3. The van der Waals surface area contributed by atoms with E-state index >= 15 is 0 Å². The predicted octanol–water partition coefficient (Wildman–Crippen LogP) is 3.46. The molecule has 0 aliphatic carbocycles. The van der Waals surface area contributed by atoms with E-state index in [0.717, 1.165) is 25.9 Å². The van der Waals surface area contributed by atoms with Gasteiger partial charge in [0.2, 0.25) is 5.91 Å². The Morgan fingerprint density at radius 2 is 1.48 bits per heavy atom. The third-order valence-corrected chi connectivity index (χ3v) is 5.26. The van der Waals surface area contributed by atoms with Crippen molar-refractivity contribution in [3.8, 4) is 0 Å². The monoisotopic (exact) mass is 422 g/mol. The van der Waals surface area contributed by atoms with Gasteiger partial charge in [0.1, 0.15) is 0 Å². The first-order valence-corrected chi connectivity index (χ1v) is 10.7. The molecule has 2 aromatic rings. The zero-order valence-corrected chi connectivity index (χ0v) is 18.2. The maximum atomic E-state index is 12.8. The van der Waals surface area contributed by atoms with E-state index in [0.29, 0.717) is 22.5 Å². The Hall–Kier alpha value is -3.35. The second-order valence-electron chi connectivity index (χ2n) is 7.97. The van der Waals surface area contributed by atoms with Crippen molar-refractivity contribution in [3.05, 3.63) is 59.7 Å². The van der Waals surface area contributed by atoms with Crippen LogP contribution >= 0.6 is 0 Å². The molecule has 0 unspecified atom stereocenters. The van der Waals surface area contributed by atoms with Crippen LogP contribution in [0.15, 0.2) is 48.5 Å². The Labute approximate surface area is 183 Å². The van der Waals surface area contributed by atoms with E-state index in [1.807, 2.05) is 4.90 Å². The summed E-state index contributed by atoms with van der Waals surface area (Å²) in [6, 6.07) is 14.1. The van der Waals surface area contributed by atoms with E-state index in [1.54, 1.807) is 62.6 Å². The van der Waals surface area contributed by atoms with Crippen LogP contribution in [0.3, 0.4) is 0 Å². The summed E-state index contributed by atoms with van der Waals surface area (Å²) >= 11 is 0. The molecule has 1 aliphatic heterocycles. The Kier molecular flexibility index (Phi) is 7.65. The van der Waals surface area contributed by atoms with Crippen molar-refractivity contribution < 1.29 is 14.4 Å². The molecule has 2 aromatic carbocycles. The van der Waals surface area contributed by atoms with E-state index in [4.69, 9.17) is 0 Å². The summed E-state index contributed by atoms with van der Waals surface area (Å²) in [4.78, 5) is 40.7.